The molecule has 2 aromatic rings. The Morgan fingerprint density at radius 1 is 1.38 bits per heavy atom. The van der Waals surface area contributed by atoms with Crippen LogP contribution in [0.15, 0.2) is 24.4 Å². The van der Waals surface area contributed by atoms with Crippen molar-refractivity contribution in [2.75, 3.05) is 7.05 Å². The number of aromatic nitrogens is 3. The van der Waals surface area contributed by atoms with Gasteiger partial charge in [0.2, 0.25) is 5.91 Å². The minimum Gasteiger partial charge on any atom is -0.340 e. The van der Waals surface area contributed by atoms with E-state index >= 15 is 0 Å². The van der Waals surface area contributed by atoms with Crippen LogP contribution in [-0.4, -0.2) is 32.8 Å². The molecule has 0 aliphatic carbocycles. The van der Waals surface area contributed by atoms with Crippen molar-refractivity contribution in [3.63, 3.8) is 0 Å². The van der Waals surface area contributed by atoms with Gasteiger partial charge < -0.3 is 10.6 Å². The average molecular weight is 328 g/mol. The first-order chi connectivity index (χ1) is 9.99. The molecule has 1 aromatic carbocycles. The van der Waals surface area contributed by atoms with Gasteiger partial charge in [-0.2, -0.15) is 0 Å². The second kappa shape index (κ2) is 6.89. The number of carbonyl (C=O) groups excluding carboxylic acids is 1. The zero-order valence-corrected chi connectivity index (χ0v) is 13.0. The first-order valence-corrected chi connectivity index (χ1v) is 7.02. The molecule has 6 nitrogen and oxygen atoms in total. The third-order valence-electron chi connectivity index (χ3n) is 2.92. The van der Waals surface area contributed by atoms with Crippen LogP contribution in [0.3, 0.4) is 0 Å². The number of benzene rings is 1. The fraction of sp³-hybridized carbons (Fsp3) is 0.308. The number of carbonyl (C=O) groups is 1. The summed E-state index contributed by atoms with van der Waals surface area (Å²) in [5.74, 6) is -0.0884. The number of hydrogen-bond acceptors (Lipinski definition) is 4. The Morgan fingerprint density at radius 3 is 2.76 bits per heavy atom. The molecule has 0 bridgehead atoms. The van der Waals surface area contributed by atoms with Gasteiger partial charge in [-0.05, 0) is 17.7 Å². The van der Waals surface area contributed by atoms with E-state index in [1.807, 2.05) is 6.07 Å². The van der Waals surface area contributed by atoms with Crippen LogP contribution in [0.25, 0.3) is 0 Å². The van der Waals surface area contributed by atoms with Crippen LogP contribution >= 0.6 is 23.2 Å². The lowest BCUT2D eigenvalue weighted by Gasteiger charge is -2.17. The van der Waals surface area contributed by atoms with E-state index < -0.39 is 0 Å². The van der Waals surface area contributed by atoms with Crippen LogP contribution in [0.1, 0.15) is 11.3 Å². The van der Waals surface area contributed by atoms with Crippen molar-refractivity contribution in [2.45, 2.75) is 19.6 Å². The van der Waals surface area contributed by atoms with Crippen molar-refractivity contribution < 1.29 is 4.79 Å². The van der Waals surface area contributed by atoms with Gasteiger partial charge in [-0.25, -0.2) is 4.68 Å². The highest BCUT2D eigenvalue weighted by atomic mass is 35.5. The van der Waals surface area contributed by atoms with Crippen molar-refractivity contribution in [1.29, 1.82) is 0 Å². The SMILES string of the molecule is CN(Cc1ccc(Cl)c(Cl)c1)C(=O)Cn1cc(CN)nn1. The average Bonchev–Trinajstić information content (AvgIpc) is 2.90. The lowest BCUT2D eigenvalue weighted by molar-refractivity contribution is -0.131. The van der Waals surface area contributed by atoms with Gasteiger partial charge in [-0.3, -0.25) is 4.79 Å². The smallest absolute Gasteiger partial charge is 0.244 e. The number of hydrogen-bond donors (Lipinski definition) is 1. The first kappa shape index (κ1) is 15.8. The summed E-state index contributed by atoms with van der Waals surface area (Å²) in [4.78, 5) is 13.7. The minimum absolute atomic E-state index is 0.0884. The number of amides is 1. The second-order valence-electron chi connectivity index (χ2n) is 4.61. The molecule has 0 atom stereocenters. The van der Waals surface area contributed by atoms with Crippen LogP contribution < -0.4 is 5.73 Å². The molecule has 0 unspecified atom stereocenters. The summed E-state index contributed by atoms with van der Waals surface area (Å²) in [6, 6.07) is 5.29. The molecule has 0 aliphatic rings. The molecular formula is C13H15Cl2N5O. The van der Waals surface area contributed by atoms with E-state index in [4.69, 9.17) is 28.9 Å². The lowest BCUT2D eigenvalue weighted by atomic mass is 10.2. The maximum atomic E-state index is 12.1. The van der Waals surface area contributed by atoms with Gasteiger partial charge >= 0.3 is 0 Å². The monoisotopic (exact) mass is 327 g/mol. The van der Waals surface area contributed by atoms with E-state index in [0.29, 0.717) is 28.8 Å². The molecular weight excluding hydrogens is 313 g/mol. The first-order valence-electron chi connectivity index (χ1n) is 6.26. The molecule has 8 heteroatoms. The zero-order valence-electron chi connectivity index (χ0n) is 11.5. The summed E-state index contributed by atoms with van der Waals surface area (Å²) in [5.41, 5.74) is 7.00. The van der Waals surface area contributed by atoms with Gasteiger partial charge in [-0.1, -0.05) is 34.5 Å². The van der Waals surface area contributed by atoms with Crippen LogP contribution in [0.2, 0.25) is 10.0 Å². The van der Waals surface area contributed by atoms with Gasteiger partial charge in [-0.15, -0.1) is 5.10 Å². The summed E-state index contributed by atoms with van der Waals surface area (Å²) in [6.07, 6.45) is 1.66. The number of rotatable bonds is 5. The summed E-state index contributed by atoms with van der Waals surface area (Å²) in [7, 11) is 1.71. The Kier molecular flexibility index (Phi) is 5.17. The summed E-state index contributed by atoms with van der Waals surface area (Å²) < 4.78 is 1.47. The molecule has 1 amide bonds. The van der Waals surface area contributed by atoms with Gasteiger partial charge in [0.15, 0.2) is 0 Å². The standard InChI is InChI=1S/C13H15Cl2N5O/c1-19(6-9-2-3-11(14)12(15)4-9)13(21)8-20-7-10(5-16)17-18-20/h2-4,7H,5-6,8,16H2,1H3. The third kappa shape index (κ3) is 4.17. The fourth-order valence-electron chi connectivity index (χ4n) is 1.77. The third-order valence-corrected chi connectivity index (χ3v) is 3.66. The van der Waals surface area contributed by atoms with Crippen LogP contribution in [0.4, 0.5) is 0 Å². The van der Waals surface area contributed by atoms with E-state index in [1.165, 1.54) is 4.68 Å². The van der Waals surface area contributed by atoms with Crippen molar-refractivity contribution in [3.8, 4) is 0 Å². The van der Waals surface area contributed by atoms with E-state index in [1.54, 1.807) is 30.3 Å². The molecule has 0 saturated heterocycles. The maximum Gasteiger partial charge on any atom is 0.244 e. The highest BCUT2D eigenvalue weighted by Gasteiger charge is 2.12. The molecule has 2 N–H and O–H groups in total. The molecule has 0 aliphatic heterocycles. The Balaban J connectivity index is 1.97. The van der Waals surface area contributed by atoms with Crippen LogP contribution in [0.5, 0.6) is 0 Å². The molecule has 0 fully saturated rings. The molecule has 21 heavy (non-hydrogen) atoms. The van der Waals surface area contributed by atoms with E-state index in [-0.39, 0.29) is 12.5 Å². The molecule has 0 saturated carbocycles. The molecule has 112 valence electrons. The molecule has 1 aromatic heterocycles. The fourth-order valence-corrected chi connectivity index (χ4v) is 2.09. The van der Waals surface area contributed by atoms with Crippen molar-refractivity contribution in [1.82, 2.24) is 19.9 Å². The van der Waals surface area contributed by atoms with Crippen LogP contribution in [-0.2, 0) is 24.4 Å². The van der Waals surface area contributed by atoms with E-state index in [0.717, 1.165) is 5.56 Å². The largest absolute Gasteiger partial charge is 0.340 e. The van der Waals surface area contributed by atoms with Gasteiger partial charge in [0, 0.05) is 20.1 Å². The number of nitrogens with zero attached hydrogens (tertiary/aromatic N) is 4. The molecule has 2 rings (SSSR count). The molecule has 0 spiro atoms. The summed E-state index contributed by atoms with van der Waals surface area (Å²) in [6.45, 7) is 0.853. The quantitative estimate of drug-likeness (QED) is 0.906. The Morgan fingerprint density at radius 2 is 2.14 bits per heavy atom. The van der Waals surface area contributed by atoms with Crippen molar-refractivity contribution >= 4 is 29.1 Å². The second-order valence-corrected chi connectivity index (χ2v) is 5.42. The summed E-state index contributed by atoms with van der Waals surface area (Å²) in [5, 5.41) is 8.64. The summed E-state index contributed by atoms with van der Waals surface area (Å²) >= 11 is 11.8. The topological polar surface area (TPSA) is 77.0 Å². The van der Waals surface area contributed by atoms with Gasteiger partial charge in [0.25, 0.3) is 0 Å². The molecule has 1 heterocycles. The van der Waals surface area contributed by atoms with Crippen molar-refractivity contribution in [3.05, 3.63) is 45.7 Å². The normalized spacial score (nSPS) is 10.7. The number of halogens is 2. The predicted octanol–water partition coefficient (Wildman–Crippen LogP) is 1.70. The maximum absolute atomic E-state index is 12.1. The van der Waals surface area contributed by atoms with E-state index in [2.05, 4.69) is 10.3 Å². The zero-order chi connectivity index (χ0) is 15.4. The minimum atomic E-state index is -0.0884. The number of likely N-dealkylation sites (N-methyl/N-ethyl adjacent to an activating group) is 1. The Hall–Kier alpha value is -1.63. The Labute approximate surface area is 132 Å². The van der Waals surface area contributed by atoms with Crippen LogP contribution in [0, 0.1) is 0 Å². The predicted molar refractivity (Wildman–Crippen MR) is 80.8 cm³/mol. The van der Waals surface area contributed by atoms with E-state index in [9.17, 15) is 4.79 Å². The highest BCUT2D eigenvalue weighted by Crippen LogP contribution is 2.23. The van der Waals surface area contributed by atoms with Gasteiger partial charge in [0.1, 0.15) is 6.54 Å². The Bertz CT molecular complexity index is 643. The van der Waals surface area contributed by atoms with Gasteiger partial charge in [0.05, 0.1) is 21.9 Å². The number of nitrogens with two attached hydrogens (primary N) is 1. The highest BCUT2D eigenvalue weighted by molar-refractivity contribution is 6.42. The van der Waals surface area contributed by atoms with Crippen molar-refractivity contribution in [2.24, 2.45) is 5.73 Å². The molecule has 0 radical (unpaired) electrons. The lowest BCUT2D eigenvalue weighted by Crippen LogP contribution is -2.30.